The Morgan fingerprint density at radius 3 is 2.71 bits per heavy atom. The van der Waals surface area contributed by atoms with E-state index in [0.29, 0.717) is 10.6 Å². The largest absolute Gasteiger partial charge is 0.286 e. The molecule has 0 unspecified atom stereocenters. The molecule has 0 radical (unpaired) electrons. The molecule has 5 heteroatoms. The van der Waals surface area contributed by atoms with Gasteiger partial charge in [-0.25, -0.2) is 9.97 Å². The highest BCUT2D eigenvalue weighted by Crippen LogP contribution is 2.14. The molecule has 0 aliphatic rings. The van der Waals surface area contributed by atoms with Crippen LogP contribution in [0, 0.1) is 6.92 Å². The highest BCUT2D eigenvalue weighted by molar-refractivity contribution is 7.13. The summed E-state index contributed by atoms with van der Waals surface area (Å²) in [5.74, 6) is -0.122. The van der Waals surface area contributed by atoms with Crippen molar-refractivity contribution in [3.05, 3.63) is 40.4 Å². The van der Waals surface area contributed by atoms with Crippen molar-refractivity contribution in [1.82, 2.24) is 15.0 Å². The molecule has 0 N–H and O–H groups in total. The van der Waals surface area contributed by atoms with Gasteiger partial charge in [-0.3, -0.25) is 9.78 Å². The summed E-state index contributed by atoms with van der Waals surface area (Å²) in [6, 6.07) is 0. The predicted molar refractivity (Wildman–Crippen MR) is 52.3 cm³/mol. The van der Waals surface area contributed by atoms with E-state index in [1.54, 1.807) is 6.20 Å². The lowest BCUT2D eigenvalue weighted by Crippen LogP contribution is -2.01. The molecular weight excluding hydrogens is 198 g/mol. The third-order valence-electron chi connectivity index (χ3n) is 1.64. The van der Waals surface area contributed by atoms with Gasteiger partial charge in [0.05, 0.1) is 16.1 Å². The molecule has 2 heterocycles. The fraction of sp³-hybridized carbons (Fsp3) is 0.111. The second kappa shape index (κ2) is 3.63. The monoisotopic (exact) mass is 205 g/mol. The van der Waals surface area contributed by atoms with Crippen LogP contribution in [0.1, 0.15) is 20.4 Å². The number of thiazole rings is 1. The van der Waals surface area contributed by atoms with Crippen LogP contribution in [0.5, 0.6) is 0 Å². The van der Waals surface area contributed by atoms with Crippen LogP contribution < -0.4 is 0 Å². The van der Waals surface area contributed by atoms with Crippen molar-refractivity contribution in [3.63, 3.8) is 0 Å². The summed E-state index contributed by atoms with van der Waals surface area (Å²) in [5, 5.41) is 0.872. The maximum absolute atomic E-state index is 11.7. The highest BCUT2D eigenvalue weighted by atomic mass is 32.1. The van der Waals surface area contributed by atoms with Gasteiger partial charge in [-0.2, -0.15) is 0 Å². The van der Waals surface area contributed by atoms with Crippen LogP contribution in [0.25, 0.3) is 0 Å². The van der Waals surface area contributed by atoms with Gasteiger partial charge in [-0.05, 0) is 6.92 Å². The van der Waals surface area contributed by atoms with Crippen molar-refractivity contribution in [2.75, 3.05) is 0 Å². The Bertz CT molecular complexity index is 452. The smallest absolute Gasteiger partial charge is 0.224 e. The molecule has 0 aliphatic heterocycles. The number of rotatable bonds is 2. The van der Waals surface area contributed by atoms with Gasteiger partial charge < -0.3 is 0 Å². The predicted octanol–water partition coefficient (Wildman–Crippen LogP) is 1.47. The molecule has 4 nitrogen and oxygen atoms in total. The molecule has 0 saturated heterocycles. The molecule has 0 aliphatic carbocycles. The highest BCUT2D eigenvalue weighted by Gasteiger charge is 2.12. The van der Waals surface area contributed by atoms with Gasteiger partial charge in [0.2, 0.25) is 5.78 Å². The molecule has 14 heavy (non-hydrogen) atoms. The van der Waals surface area contributed by atoms with Gasteiger partial charge in [-0.1, -0.05) is 0 Å². The minimum Gasteiger partial charge on any atom is -0.286 e. The second-order valence-corrected chi connectivity index (χ2v) is 3.90. The van der Waals surface area contributed by atoms with Gasteiger partial charge >= 0.3 is 0 Å². The summed E-state index contributed by atoms with van der Waals surface area (Å²) in [7, 11) is 0. The average molecular weight is 205 g/mol. The Morgan fingerprint density at radius 2 is 2.14 bits per heavy atom. The molecule has 70 valence electrons. The van der Waals surface area contributed by atoms with E-state index < -0.39 is 0 Å². The third kappa shape index (κ3) is 1.67. The molecular formula is C9H7N3OS. The van der Waals surface area contributed by atoms with Crippen molar-refractivity contribution >= 4 is 17.1 Å². The Balaban J connectivity index is 2.34. The Labute approximate surface area is 84.7 Å². The number of carbonyl (C=O) groups is 1. The maximum Gasteiger partial charge on any atom is 0.224 e. The fourth-order valence-corrected chi connectivity index (χ4v) is 1.74. The normalized spacial score (nSPS) is 10.1. The van der Waals surface area contributed by atoms with E-state index in [1.807, 2.05) is 6.92 Å². The molecule has 0 aromatic carbocycles. The number of nitrogens with zero attached hydrogens (tertiary/aromatic N) is 3. The van der Waals surface area contributed by atoms with E-state index in [-0.39, 0.29) is 5.78 Å². The van der Waals surface area contributed by atoms with Gasteiger partial charge in [0.25, 0.3) is 0 Å². The Morgan fingerprint density at radius 1 is 1.29 bits per heavy atom. The van der Waals surface area contributed by atoms with Crippen molar-refractivity contribution in [2.45, 2.75) is 6.92 Å². The average Bonchev–Trinajstić information content (AvgIpc) is 2.65. The lowest BCUT2D eigenvalue weighted by molar-refractivity contribution is 0.103. The first-order valence-corrected chi connectivity index (χ1v) is 4.82. The van der Waals surface area contributed by atoms with Crippen LogP contribution in [0.3, 0.4) is 0 Å². The van der Waals surface area contributed by atoms with E-state index in [2.05, 4.69) is 15.0 Å². The fourth-order valence-electron chi connectivity index (χ4n) is 1.01. The van der Waals surface area contributed by atoms with Crippen molar-refractivity contribution in [1.29, 1.82) is 0 Å². The first kappa shape index (κ1) is 8.96. The Hall–Kier alpha value is -1.62. The minimum absolute atomic E-state index is 0.122. The third-order valence-corrected chi connectivity index (χ3v) is 2.55. The van der Waals surface area contributed by atoms with Crippen molar-refractivity contribution in [3.8, 4) is 0 Å². The van der Waals surface area contributed by atoms with E-state index >= 15 is 0 Å². The summed E-state index contributed by atoms with van der Waals surface area (Å²) in [4.78, 5) is 24.1. The van der Waals surface area contributed by atoms with Crippen LogP contribution in [0.4, 0.5) is 0 Å². The number of ketones is 1. The van der Waals surface area contributed by atoms with E-state index in [9.17, 15) is 4.79 Å². The molecule has 0 fully saturated rings. The zero-order valence-corrected chi connectivity index (χ0v) is 8.28. The zero-order chi connectivity index (χ0) is 9.97. The van der Waals surface area contributed by atoms with Crippen LogP contribution in [0.15, 0.2) is 24.8 Å². The van der Waals surface area contributed by atoms with Gasteiger partial charge in [0.15, 0.2) is 0 Å². The number of aryl methyl sites for hydroxylation is 1. The van der Waals surface area contributed by atoms with Gasteiger partial charge in [0.1, 0.15) is 5.69 Å². The molecule has 0 saturated carbocycles. The SMILES string of the molecule is Cc1ncc(C(=O)c2cnccn2)s1. The molecule has 2 rings (SSSR count). The van der Waals surface area contributed by atoms with E-state index in [0.717, 1.165) is 5.01 Å². The zero-order valence-electron chi connectivity index (χ0n) is 7.47. The summed E-state index contributed by atoms with van der Waals surface area (Å²) >= 11 is 1.36. The maximum atomic E-state index is 11.7. The number of aromatic nitrogens is 3. The van der Waals surface area contributed by atoms with E-state index in [4.69, 9.17) is 0 Å². The summed E-state index contributed by atoms with van der Waals surface area (Å²) in [5.41, 5.74) is 0.358. The van der Waals surface area contributed by atoms with Crippen molar-refractivity contribution < 1.29 is 4.79 Å². The van der Waals surface area contributed by atoms with E-state index in [1.165, 1.54) is 29.9 Å². The van der Waals surface area contributed by atoms with Crippen LogP contribution >= 0.6 is 11.3 Å². The molecule has 2 aromatic rings. The second-order valence-electron chi connectivity index (χ2n) is 2.66. The first-order chi connectivity index (χ1) is 6.77. The first-order valence-electron chi connectivity index (χ1n) is 4.00. The Kier molecular flexibility index (Phi) is 2.32. The summed E-state index contributed by atoms with van der Waals surface area (Å²) < 4.78 is 0. The minimum atomic E-state index is -0.122. The lowest BCUT2D eigenvalue weighted by Gasteiger charge is -1.93. The van der Waals surface area contributed by atoms with Crippen LogP contribution in [-0.4, -0.2) is 20.7 Å². The standard InChI is InChI=1S/C9H7N3OS/c1-6-12-5-8(14-6)9(13)7-4-10-2-3-11-7/h2-5H,1H3. The summed E-state index contributed by atoms with van der Waals surface area (Å²) in [6.45, 7) is 1.86. The number of carbonyl (C=O) groups excluding carboxylic acids is 1. The van der Waals surface area contributed by atoms with Gasteiger partial charge in [-0.15, -0.1) is 11.3 Å². The number of hydrogen-bond acceptors (Lipinski definition) is 5. The molecule has 0 atom stereocenters. The lowest BCUT2D eigenvalue weighted by atomic mass is 10.3. The molecule has 0 amide bonds. The van der Waals surface area contributed by atoms with Crippen LogP contribution in [0.2, 0.25) is 0 Å². The quantitative estimate of drug-likeness (QED) is 0.697. The topological polar surface area (TPSA) is 55.7 Å². The molecule has 2 aromatic heterocycles. The van der Waals surface area contributed by atoms with Crippen LogP contribution in [-0.2, 0) is 0 Å². The molecule has 0 spiro atoms. The molecule has 0 bridgehead atoms. The van der Waals surface area contributed by atoms with Gasteiger partial charge in [0, 0.05) is 18.6 Å². The summed E-state index contributed by atoms with van der Waals surface area (Å²) in [6.07, 6.45) is 6.06. The van der Waals surface area contributed by atoms with Crippen molar-refractivity contribution in [2.24, 2.45) is 0 Å². The number of hydrogen-bond donors (Lipinski definition) is 0.